The van der Waals surface area contributed by atoms with E-state index in [0.29, 0.717) is 24.6 Å². The summed E-state index contributed by atoms with van der Waals surface area (Å²) in [4.78, 5) is 40.6. The molecule has 3 amide bonds. The van der Waals surface area contributed by atoms with Gasteiger partial charge in [-0.2, -0.15) is 0 Å². The summed E-state index contributed by atoms with van der Waals surface area (Å²) in [5.74, 6) is -0.00585. The van der Waals surface area contributed by atoms with E-state index in [0.717, 1.165) is 31.4 Å². The molecular weight excluding hydrogens is 380 g/mol. The number of carbonyl (C=O) groups is 3. The first-order valence-electron chi connectivity index (χ1n) is 10.4. The quantitative estimate of drug-likeness (QED) is 0.622. The summed E-state index contributed by atoms with van der Waals surface area (Å²) in [7, 11) is 0. The largest absolute Gasteiger partial charge is 0.354 e. The predicted molar refractivity (Wildman–Crippen MR) is 113 cm³/mol. The van der Waals surface area contributed by atoms with Gasteiger partial charge in [-0.05, 0) is 55.9 Å². The number of benzene rings is 1. The van der Waals surface area contributed by atoms with E-state index in [2.05, 4.69) is 20.9 Å². The Morgan fingerprint density at radius 2 is 1.60 bits per heavy atom. The number of nitrogens with one attached hydrogen (secondary N) is 3. The Bertz CT molecular complexity index is 834. The number of pyridine rings is 1. The van der Waals surface area contributed by atoms with Crippen LogP contribution in [0.1, 0.15) is 41.7 Å². The van der Waals surface area contributed by atoms with Crippen LogP contribution in [0, 0.1) is 11.8 Å². The first-order chi connectivity index (χ1) is 14.6. The Kier molecular flexibility index (Phi) is 7.94. The van der Waals surface area contributed by atoms with Gasteiger partial charge in [0.25, 0.3) is 5.91 Å². The number of hydrogen-bond acceptors (Lipinski definition) is 4. The minimum Gasteiger partial charge on any atom is -0.354 e. The Balaban J connectivity index is 1.30. The molecule has 0 unspecified atom stereocenters. The van der Waals surface area contributed by atoms with E-state index in [9.17, 15) is 14.4 Å². The van der Waals surface area contributed by atoms with Gasteiger partial charge in [0.1, 0.15) is 0 Å². The van der Waals surface area contributed by atoms with Crippen LogP contribution in [0.2, 0.25) is 0 Å². The molecule has 158 valence electrons. The molecule has 0 bridgehead atoms. The molecule has 1 fully saturated rings. The molecule has 7 nitrogen and oxygen atoms in total. The highest BCUT2D eigenvalue weighted by Crippen LogP contribution is 2.28. The van der Waals surface area contributed by atoms with Crippen molar-refractivity contribution in [2.45, 2.75) is 32.2 Å². The van der Waals surface area contributed by atoms with Crippen molar-refractivity contribution in [1.29, 1.82) is 0 Å². The fraction of sp³-hybridized carbons (Fsp3) is 0.391. The number of amides is 3. The second kappa shape index (κ2) is 11.1. The first-order valence-corrected chi connectivity index (χ1v) is 10.4. The first kappa shape index (κ1) is 21.5. The normalized spacial score (nSPS) is 18.3. The Morgan fingerprint density at radius 3 is 2.30 bits per heavy atom. The smallest absolute Gasteiger partial charge is 0.251 e. The molecule has 0 spiro atoms. The molecule has 1 aromatic carbocycles. The van der Waals surface area contributed by atoms with E-state index in [1.807, 2.05) is 24.3 Å². The van der Waals surface area contributed by atoms with Crippen LogP contribution in [0.3, 0.4) is 0 Å². The third-order valence-electron chi connectivity index (χ3n) is 5.42. The van der Waals surface area contributed by atoms with Crippen molar-refractivity contribution in [2.75, 3.05) is 13.1 Å². The lowest BCUT2D eigenvalue weighted by molar-refractivity contribution is -0.126. The Labute approximate surface area is 176 Å². The monoisotopic (exact) mass is 408 g/mol. The van der Waals surface area contributed by atoms with Crippen LogP contribution in [-0.2, 0) is 16.1 Å². The summed E-state index contributed by atoms with van der Waals surface area (Å²) in [6.45, 7) is 0.978. The summed E-state index contributed by atoms with van der Waals surface area (Å²) in [5.41, 5.74) is 1.38. The lowest BCUT2D eigenvalue weighted by atomic mass is 9.81. The van der Waals surface area contributed by atoms with E-state index in [1.165, 1.54) is 0 Å². The van der Waals surface area contributed by atoms with E-state index >= 15 is 0 Å². The molecule has 1 aliphatic carbocycles. The maximum absolute atomic E-state index is 12.4. The van der Waals surface area contributed by atoms with Gasteiger partial charge in [0, 0.05) is 24.2 Å². The lowest BCUT2D eigenvalue weighted by Gasteiger charge is -2.27. The summed E-state index contributed by atoms with van der Waals surface area (Å²) in [6.07, 6.45) is 5.16. The van der Waals surface area contributed by atoms with Crippen LogP contribution in [0.4, 0.5) is 0 Å². The minimum atomic E-state index is -0.261. The zero-order valence-corrected chi connectivity index (χ0v) is 17.0. The fourth-order valence-corrected chi connectivity index (χ4v) is 3.63. The van der Waals surface area contributed by atoms with Crippen molar-refractivity contribution in [2.24, 2.45) is 11.8 Å². The summed E-state index contributed by atoms with van der Waals surface area (Å²) in [6, 6.07) is 14.5. The SMILES string of the molecule is O=C(CNC(=O)c1ccccc1)NCC1CCC(C(=O)NCc2ccccn2)CC1. The standard InChI is InChI=1S/C23H28N4O3/c28-21(16-27-22(29)18-6-2-1-3-7-18)25-14-17-9-11-19(12-10-17)23(30)26-15-20-8-4-5-13-24-20/h1-8,13,17,19H,9-12,14-16H2,(H,25,28)(H,26,30)(H,27,29). The average molecular weight is 409 g/mol. The second-order valence-corrected chi connectivity index (χ2v) is 7.61. The highest BCUT2D eigenvalue weighted by molar-refractivity contribution is 5.96. The average Bonchev–Trinajstić information content (AvgIpc) is 2.81. The maximum atomic E-state index is 12.4. The molecule has 1 aliphatic rings. The van der Waals surface area contributed by atoms with Crippen LogP contribution in [0.25, 0.3) is 0 Å². The highest BCUT2D eigenvalue weighted by Gasteiger charge is 2.26. The van der Waals surface area contributed by atoms with Gasteiger partial charge in [-0.25, -0.2) is 0 Å². The topological polar surface area (TPSA) is 100 Å². The molecule has 7 heteroatoms. The molecule has 0 atom stereocenters. The van der Waals surface area contributed by atoms with Crippen molar-refractivity contribution in [3.8, 4) is 0 Å². The lowest BCUT2D eigenvalue weighted by Crippen LogP contribution is -2.40. The van der Waals surface area contributed by atoms with E-state index in [-0.39, 0.29) is 30.2 Å². The summed E-state index contributed by atoms with van der Waals surface area (Å²) < 4.78 is 0. The minimum absolute atomic E-state index is 0.0193. The van der Waals surface area contributed by atoms with Gasteiger partial charge in [-0.15, -0.1) is 0 Å². The van der Waals surface area contributed by atoms with Crippen molar-refractivity contribution in [1.82, 2.24) is 20.9 Å². The summed E-state index contributed by atoms with van der Waals surface area (Å²) >= 11 is 0. The highest BCUT2D eigenvalue weighted by atomic mass is 16.2. The molecule has 1 saturated carbocycles. The number of hydrogen-bond donors (Lipinski definition) is 3. The van der Waals surface area contributed by atoms with Crippen molar-refractivity contribution >= 4 is 17.7 Å². The summed E-state index contributed by atoms with van der Waals surface area (Å²) in [5, 5.41) is 8.48. The molecular formula is C23H28N4O3. The van der Waals surface area contributed by atoms with Gasteiger partial charge >= 0.3 is 0 Å². The third kappa shape index (κ3) is 6.69. The van der Waals surface area contributed by atoms with E-state index in [4.69, 9.17) is 0 Å². The van der Waals surface area contributed by atoms with Crippen molar-refractivity contribution < 1.29 is 14.4 Å². The van der Waals surface area contributed by atoms with Crippen LogP contribution in [0.15, 0.2) is 54.7 Å². The van der Waals surface area contributed by atoms with Crippen molar-refractivity contribution in [3.05, 3.63) is 66.0 Å². The zero-order chi connectivity index (χ0) is 21.2. The number of nitrogens with zero attached hydrogens (tertiary/aromatic N) is 1. The molecule has 1 heterocycles. The van der Waals surface area contributed by atoms with E-state index in [1.54, 1.807) is 30.5 Å². The van der Waals surface area contributed by atoms with Gasteiger partial charge in [0.2, 0.25) is 11.8 Å². The number of aromatic nitrogens is 1. The molecule has 30 heavy (non-hydrogen) atoms. The number of rotatable bonds is 8. The molecule has 3 rings (SSSR count). The van der Waals surface area contributed by atoms with Crippen LogP contribution >= 0.6 is 0 Å². The molecule has 0 radical (unpaired) electrons. The van der Waals surface area contributed by atoms with Gasteiger partial charge in [-0.1, -0.05) is 24.3 Å². The van der Waals surface area contributed by atoms with E-state index < -0.39 is 0 Å². The van der Waals surface area contributed by atoms with Crippen molar-refractivity contribution in [3.63, 3.8) is 0 Å². The van der Waals surface area contributed by atoms with Crippen LogP contribution < -0.4 is 16.0 Å². The third-order valence-corrected chi connectivity index (χ3v) is 5.42. The molecule has 2 aromatic rings. The van der Waals surface area contributed by atoms with Gasteiger partial charge in [0.05, 0.1) is 18.8 Å². The predicted octanol–water partition coefficient (Wildman–Crippen LogP) is 2.05. The Hall–Kier alpha value is -3.22. The second-order valence-electron chi connectivity index (χ2n) is 7.61. The molecule has 1 aromatic heterocycles. The molecule has 0 saturated heterocycles. The van der Waals surface area contributed by atoms with Gasteiger partial charge < -0.3 is 16.0 Å². The zero-order valence-electron chi connectivity index (χ0n) is 17.0. The van der Waals surface area contributed by atoms with Gasteiger partial charge in [-0.3, -0.25) is 19.4 Å². The molecule has 3 N–H and O–H groups in total. The fourth-order valence-electron chi connectivity index (χ4n) is 3.63. The van der Waals surface area contributed by atoms with Gasteiger partial charge in [0.15, 0.2) is 0 Å². The van der Waals surface area contributed by atoms with Crippen LogP contribution in [-0.4, -0.2) is 35.8 Å². The van der Waals surface area contributed by atoms with Crippen LogP contribution in [0.5, 0.6) is 0 Å². The maximum Gasteiger partial charge on any atom is 0.251 e. The molecule has 0 aliphatic heterocycles. The number of carbonyl (C=O) groups excluding carboxylic acids is 3. The Morgan fingerprint density at radius 1 is 0.867 bits per heavy atom.